The van der Waals surface area contributed by atoms with Crippen LogP contribution in [0.15, 0.2) is 41.0 Å². The van der Waals surface area contributed by atoms with E-state index in [4.69, 9.17) is 4.74 Å². The second kappa shape index (κ2) is 7.17. The maximum atomic E-state index is 13.6. The largest absolute Gasteiger partial charge is 0.477 e. The predicted molar refractivity (Wildman–Crippen MR) is 80.7 cm³/mol. The Morgan fingerprint density at radius 2 is 2.24 bits per heavy atom. The molecule has 0 unspecified atom stereocenters. The average Bonchev–Trinajstić information content (AvgIpc) is 2.49. The van der Waals surface area contributed by atoms with Gasteiger partial charge in [0.25, 0.3) is 5.91 Å². The molecule has 1 heterocycles. The first kappa shape index (κ1) is 15.4. The molecule has 0 radical (unpaired) electrons. The molecule has 4 nitrogen and oxygen atoms in total. The van der Waals surface area contributed by atoms with Gasteiger partial charge < -0.3 is 10.1 Å². The van der Waals surface area contributed by atoms with Gasteiger partial charge in [-0.1, -0.05) is 15.9 Å². The van der Waals surface area contributed by atoms with Crippen LogP contribution in [0.1, 0.15) is 22.8 Å². The van der Waals surface area contributed by atoms with Crippen molar-refractivity contribution in [2.75, 3.05) is 6.61 Å². The number of carbonyl (C=O) groups is 1. The van der Waals surface area contributed by atoms with Crippen molar-refractivity contribution in [1.29, 1.82) is 0 Å². The first-order valence-corrected chi connectivity index (χ1v) is 7.21. The molecule has 1 aromatic carbocycles. The summed E-state index contributed by atoms with van der Waals surface area (Å²) in [5, 5.41) is 2.66. The average molecular weight is 353 g/mol. The van der Waals surface area contributed by atoms with E-state index < -0.39 is 0 Å². The molecule has 0 saturated carbocycles. The minimum atomic E-state index is -0.366. The van der Waals surface area contributed by atoms with E-state index in [1.165, 1.54) is 6.07 Å². The lowest BCUT2D eigenvalue weighted by Crippen LogP contribution is -2.24. The van der Waals surface area contributed by atoms with E-state index in [1.807, 2.05) is 6.92 Å². The number of ether oxygens (including phenoxy) is 1. The van der Waals surface area contributed by atoms with Crippen molar-refractivity contribution in [3.63, 3.8) is 0 Å². The van der Waals surface area contributed by atoms with Gasteiger partial charge in [0.15, 0.2) is 0 Å². The van der Waals surface area contributed by atoms with Crippen molar-refractivity contribution in [1.82, 2.24) is 10.3 Å². The molecule has 21 heavy (non-hydrogen) atoms. The third-order valence-electron chi connectivity index (χ3n) is 2.74. The number of hydrogen-bond acceptors (Lipinski definition) is 3. The van der Waals surface area contributed by atoms with E-state index >= 15 is 0 Å². The molecular weight excluding hydrogens is 339 g/mol. The fourth-order valence-electron chi connectivity index (χ4n) is 1.76. The second-order valence-corrected chi connectivity index (χ2v) is 5.12. The maximum Gasteiger partial charge on any atom is 0.257 e. The summed E-state index contributed by atoms with van der Waals surface area (Å²) in [6.07, 6.45) is 1.55. The van der Waals surface area contributed by atoms with Gasteiger partial charge in [-0.05, 0) is 37.3 Å². The molecule has 0 aliphatic rings. The van der Waals surface area contributed by atoms with Crippen LogP contribution in [0, 0.1) is 5.82 Å². The quantitative estimate of drug-likeness (QED) is 0.897. The van der Waals surface area contributed by atoms with E-state index in [1.54, 1.807) is 30.5 Å². The van der Waals surface area contributed by atoms with Crippen molar-refractivity contribution >= 4 is 21.8 Å². The van der Waals surface area contributed by atoms with Crippen LogP contribution in [0.25, 0.3) is 0 Å². The van der Waals surface area contributed by atoms with Crippen LogP contribution in [-0.4, -0.2) is 17.5 Å². The first-order valence-electron chi connectivity index (χ1n) is 6.41. The first-order chi connectivity index (χ1) is 10.1. The van der Waals surface area contributed by atoms with Gasteiger partial charge in [0.05, 0.1) is 6.61 Å². The van der Waals surface area contributed by atoms with Crippen LogP contribution in [0.4, 0.5) is 4.39 Å². The molecule has 2 rings (SSSR count). The number of carbonyl (C=O) groups excluding carboxylic acids is 1. The van der Waals surface area contributed by atoms with Gasteiger partial charge >= 0.3 is 0 Å². The highest BCUT2D eigenvalue weighted by Crippen LogP contribution is 2.17. The zero-order chi connectivity index (χ0) is 15.2. The number of amides is 1. The number of nitrogens with one attached hydrogen (secondary N) is 1. The van der Waals surface area contributed by atoms with Gasteiger partial charge in [0.1, 0.15) is 11.4 Å². The van der Waals surface area contributed by atoms with Gasteiger partial charge in [-0.25, -0.2) is 9.37 Å². The minimum Gasteiger partial charge on any atom is -0.477 e. The van der Waals surface area contributed by atoms with Gasteiger partial charge in [-0.2, -0.15) is 0 Å². The number of benzene rings is 1. The summed E-state index contributed by atoms with van der Waals surface area (Å²) in [5.74, 6) is -0.451. The van der Waals surface area contributed by atoms with E-state index in [-0.39, 0.29) is 24.1 Å². The predicted octanol–water partition coefficient (Wildman–Crippen LogP) is 3.31. The highest BCUT2D eigenvalue weighted by molar-refractivity contribution is 9.10. The van der Waals surface area contributed by atoms with Crippen LogP contribution < -0.4 is 10.1 Å². The molecule has 0 bridgehead atoms. The molecule has 0 spiro atoms. The molecule has 0 aliphatic heterocycles. The van der Waals surface area contributed by atoms with Crippen LogP contribution in [0.3, 0.4) is 0 Å². The van der Waals surface area contributed by atoms with Gasteiger partial charge in [0.2, 0.25) is 5.88 Å². The van der Waals surface area contributed by atoms with Crippen molar-refractivity contribution in [3.8, 4) is 5.88 Å². The van der Waals surface area contributed by atoms with Crippen LogP contribution >= 0.6 is 15.9 Å². The van der Waals surface area contributed by atoms with Crippen LogP contribution in [-0.2, 0) is 6.54 Å². The van der Waals surface area contributed by atoms with E-state index in [0.29, 0.717) is 17.7 Å². The molecule has 0 saturated heterocycles. The zero-order valence-electron chi connectivity index (χ0n) is 11.4. The fourth-order valence-corrected chi connectivity index (χ4v) is 2.17. The lowest BCUT2D eigenvalue weighted by atomic mass is 10.2. The molecular formula is C15H14BrFN2O2. The normalized spacial score (nSPS) is 10.2. The Labute approximate surface area is 130 Å². The smallest absolute Gasteiger partial charge is 0.257 e. The van der Waals surface area contributed by atoms with Gasteiger partial charge in [-0.15, -0.1) is 0 Å². The summed E-state index contributed by atoms with van der Waals surface area (Å²) in [7, 11) is 0. The Kier molecular flexibility index (Phi) is 5.27. The lowest BCUT2D eigenvalue weighted by molar-refractivity contribution is 0.0946. The van der Waals surface area contributed by atoms with Crippen molar-refractivity contribution in [2.45, 2.75) is 13.5 Å². The second-order valence-electron chi connectivity index (χ2n) is 4.21. The number of pyridine rings is 1. The highest BCUT2D eigenvalue weighted by atomic mass is 79.9. The molecule has 0 aliphatic carbocycles. The summed E-state index contributed by atoms with van der Waals surface area (Å²) < 4.78 is 19.7. The Bertz CT molecular complexity index is 649. The Balaban J connectivity index is 2.10. The third kappa shape index (κ3) is 4.01. The molecule has 0 fully saturated rings. The summed E-state index contributed by atoms with van der Waals surface area (Å²) >= 11 is 3.27. The van der Waals surface area contributed by atoms with Crippen molar-refractivity contribution in [2.24, 2.45) is 0 Å². The molecule has 110 valence electrons. The molecule has 1 N–H and O–H groups in total. The fraction of sp³-hybridized carbons (Fsp3) is 0.200. The number of hydrogen-bond donors (Lipinski definition) is 1. The summed E-state index contributed by atoms with van der Waals surface area (Å²) in [6, 6.07) is 7.85. The number of halogens is 2. The summed E-state index contributed by atoms with van der Waals surface area (Å²) in [6.45, 7) is 2.31. The van der Waals surface area contributed by atoms with E-state index in [0.717, 1.165) is 4.47 Å². The molecule has 1 aromatic heterocycles. The lowest BCUT2D eigenvalue weighted by Gasteiger charge is -2.10. The standard InChI is InChI=1S/C15H14BrFN2O2/c1-2-21-15-12(4-3-7-18-15)14(20)19-9-10-8-11(16)5-6-13(10)17/h3-8H,2,9H2,1H3,(H,19,20). The third-order valence-corrected chi connectivity index (χ3v) is 3.24. The number of rotatable bonds is 5. The Morgan fingerprint density at radius 3 is 3.00 bits per heavy atom. The highest BCUT2D eigenvalue weighted by Gasteiger charge is 2.13. The van der Waals surface area contributed by atoms with E-state index in [2.05, 4.69) is 26.2 Å². The van der Waals surface area contributed by atoms with Gasteiger partial charge in [-0.3, -0.25) is 4.79 Å². The minimum absolute atomic E-state index is 0.0879. The molecule has 2 aromatic rings. The summed E-state index contributed by atoms with van der Waals surface area (Å²) in [5.41, 5.74) is 0.731. The molecule has 6 heteroatoms. The Hall–Kier alpha value is -1.95. The van der Waals surface area contributed by atoms with Crippen molar-refractivity contribution in [3.05, 3.63) is 57.9 Å². The van der Waals surface area contributed by atoms with Crippen LogP contribution in [0.2, 0.25) is 0 Å². The molecule has 1 amide bonds. The van der Waals surface area contributed by atoms with Crippen LogP contribution in [0.5, 0.6) is 5.88 Å². The SMILES string of the molecule is CCOc1ncccc1C(=O)NCc1cc(Br)ccc1F. The van der Waals surface area contributed by atoms with E-state index in [9.17, 15) is 9.18 Å². The summed E-state index contributed by atoms with van der Waals surface area (Å²) in [4.78, 5) is 16.2. The maximum absolute atomic E-state index is 13.6. The molecule has 0 atom stereocenters. The Morgan fingerprint density at radius 1 is 1.43 bits per heavy atom. The topological polar surface area (TPSA) is 51.2 Å². The van der Waals surface area contributed by atoms with Crippen molar-refractivity contribution < 1.29 is 13.9 Å². The zero-order valence-corrected chi connectivity index (χ0v) is 13.0. The monoisotopic (exact) mass is 352 g/mol. The van der Waals surface area contributed by atoms with Gasteiger partial charge in [0, 0.05) is 22.8 Å². The number of nitrogens with zero attached hydrogens (tertiary/aromatic N) is 1. The number of aromatic nitrogens is 1.